The van der Waals surface area contributed by atoms with Gasteiger partial charge in [0.05, 0.1) is 0 Å². The van der Waals surface area contributed by atoms with E-state index in [2.05, 4.69) is 0 Å². The van der Waals surface area contributed by atoms with Crippen LogP contribution in [0.5, 0.6) is 0 Å². The maximum absolute atomic E-state index is 11.9. The monoisotopic (exact) mass is 276 g/mol. The van der Waals surface area contributed by atoms with Crippen LogP contribution in [0.3, 0.4) is 0 Å². The standard InChI is InChI=1S/C16H24N2O2/c1-5-9-10(6-2)13(15(17)19)12(8-4)14(16(18)20)11(9)7-3/h5-8H2,1-4H3,(H2,17,19)(H2,18,20). The molecule has 0 aliphatic heterocycles. The van der Waals surface area contributed by atoms with Crippen LogP contribution in [0.4, 0.5) is 0 Å². The van der Waals surface area contributed by atoms with Crippen LogP contribution < -0.4 is 11.5 Å². The number of hydrogen-bond donors (Lipinski definition) is 2. The minimum absolute atomic E-state index is 0.474. The van der Waals surface area contributed by atoms with Gasteiger partial charge in [-0.1, -0.05) is 27.7 Å². The smallest absolute Gasteiger partial charge is 0.249 e. The maximum Gasteiger partial charge on any atom is 0.249 e. The lowest BCUT2D eigenvalue weighted by Gasteiger charge is -2.22. The third kappa shape index (κ3) is 2.55. The Morgan fingerprint density at radius 3 is 1.15 bits per heavy atom. The van der Waals surface area contributed by atoms with Gasteiger partial charge < -0.3 is 11.5 Å². The fourth-order valence-electron chi connectivity index (χ4n) is 3.13. The van der Waals surface area contributed by atoms with Crippen molar-refractivity contribution >= 4 is 11.8 Å². The number of carbonyl (C=O) groups excluding carboxylic acids is 2. The van der Waals surface area contributed by atoms with E-state index < -0.39 is 11.8 Å². The zero-order valence-corrected chi connectivity index (χ0v) is 12.8. The Kier molecular flexibility index (Phi) is 5.31. The molecule has 0 radical (unpaired) electrons. The fourth-order valence-corrected chi connectivity index (χ4v) is 3.13. The summed E-state index contributed by atoms with van der Waals surface area (Å²) in [5.41, 5.74) is 15.8. The van der Waals surface area contributed by atoms with Gasteiger partial charge >= 0.3 is 0 Å². The van der Waals surface area contributed by atoms with Crippen molar-refractivity contribution in [3.8, 4) is 0 Å². The van der Waals surface area contributed by atoms with Gasteiger partial charge in [0.25, 0.3) is 0 Å². The van der Waals surface area contributed by atoms with Gasteiger partial charge in [-0.3, -0.25) is 9.59 Å². The Morgan fingerprint density at radius 1 is 0.650 bits per heavy atom. The van der Waals surface area contributed by atoms with Crippen molar-refractivity contribution in [3.63, 3.8) is 0 Å². The van der Waals surface area contributed by atoms with E-state index in [4.69, 9.17) is 11.5 Å². The first kappa shape index (κ1) is 16.2. The molecular weight excluding hydrogens is 252 g/mol. The van der Waals surface area contributed by atoms with Crippen LogP contribution in [0.2, 0.25) is 0 Å². The quantitative estimate of drug-likeness (QED) is 0.834. The molecule has 0 unspecified atom stereocenters. The Bertz CT molecular complexity index is 505. The average molecular weight is 276 g/mol. The van der Waals surface area contributed by atoms with Gasteiger partial charge in [0.15, 0.2) is 0 Å². The molecule has 0 saturated heterocycles. The number of benzene rings is 1. The van der Waals surface area contributed by atoms with Crippen LogP contribution >= 0.6 is 0 Å². The van der Waals surface area contributed by atoms with Gasteiger partial charge in [0.1, 0.15) is 0 Å². The molecule has 0 saturated carbocycles. The summed E-state index contributed by atoms with van der Waals surface area (Å²) >= 11 is 0. The highest BCUT2D eigenvalue weighted by molar-refractivity contribution is 6.03. The molecule has 0 bridgehead atoms. The molecule has 1 rings (SSSR count). The predicted molar refractivity (Wildman–Crippen MR) is 81.0 cm³/mol. The summed E-state index contributed by atoms with van der Waals surface area (Å²) < 4.78 is 0. The third-order valence-electron chi connectivity index (χ3n) is 3.84. The summed E-state index contributed by atoms with van der Waals surface area (Å²) in [6.07, 6.45) is 2.78. The molecule has 4 nitrogen and oxygen atoms in total. The van der Waals surface area contributed by atoms with Gasteiger partial charge in [-0.05, 0) is 47.9 Å². The molecule has 1 aromatic rings. The van der Waals surface area contributed by atoms with Crippen molar-refractivity contribution < 1.29 is 9.59 Å². The van der Waals surface area contributed by atoms with Crippen LogP contribution in [0.1, 0.15) is 70.7 Å². The first-order chi connectivity index (χ1) is 9.44. The molecule has 0 spiro atoms. The highest BCUT2D eigenvalue weighted by Crippen LogP contribution is 2.30. The maximum atomic E-state index is 11.9. The summed E-state index contributed by atoms with van der Waals surface area (Å²) in [7, 11) is 0. The summed E-state index contributed by atoms with van der Waals surface area (Å²) in [5, 5.41) is 0. The summed E-state index contributed by atoms with van der Waals surface area (Å²) in [4.78, 5) is 23.7. The van der Waals surface area contributed by atoms with Crippen molar-refractivity contribution in [3.05, 3.63) is 33.4 Å². The Hall–Kier alpha value is -1.84. The van der Waals surface area contributed by atoms with Crippen molar-refractivity contribution in [1.82, 2.24) is 0 Å². The molecule has 0 aliphatic rings. The molecule has 110 valence electrons. The summed E-state index contributed by atoms with van der Waals surface area (Å²) in [5.74, 6) is -0.947. The molecule has 1 aromatic carbocycles. The van der Waals surface area contributed by atoms with E-state index in [1.54, 1.807) is 0 Å². The molecule has 4 N–H and O–H groups in total. The lowest BCUT2D eigenvalue weighted by atomic mass is 9.82. The number of hydrogen-bond acceptors (Lipinski definition) is 2. The molecule has 0 aliphatic carbocycles. The predicted octanol–water partition coefficient (Wildman–Crippen LogP) is 2.13. The topological polar surface area (TPSA) is 86.2 Å². The van der Waals surface area contributed by atoms with E-state index in [0.717, 1.165) is 36.0 Å². The second-order valence-corrected chi connectivity index (χ2v) is 4.81. The molecule has 4 heteroatoms. The Balaban J connectivity index is 3.98. The lowest BCUT2D eigenvalue weighted by molar-refractivity contribution is 0.0998. The average Bonchev–Trinajstić information content (AvgIpc) is 2.42. The van der Waals surface area contributed by atoms with E-state index in [-0.39, 0.29) is 0 Å². The van der Waals surface area contributed by atoms with Gasteiger partial charge in [-0.15, -0.1) is 0 Å². The third-order valence-corrected chi connectivity index (χ3v) is 3.84. The number of nitrogens with two attached hydrogens (primary N) is 2. The summed E-state index contributed by atoms with van der Waals surface area (Å²) in [6.45, 7) is 7.95. The van der Waals surface area contributed by atoms with Crippen LogP contribution in [-0.4, -0.2) is 11.8 Å². The van der Waals surface area contributed by atoms with E-state index in [9.17, 15) is 9.59 Å². The summed E-state index contributed by atoms with van der Waals surface area (Å²) in [6, 6.07) is 0. The first-order valence-corrected chi connectivity index (χ1v) is 7.23. The zero-order valence-electron chi connectivity index (χ0n) is 12.8. The van der Waals surface area contributed by atoms with Gasteiger partial charge in [-0.2, -0.15) is 0 Å². The second kappa shape index (κ2) is 6.55. The molecule has 0 atom stereocenters. The van der Waals surface area contributed by atoms with Crippen molar-refractivity contribution in [2.75, 3.05) is 0 Å². The minimum Gasteiger partial charge on any atom is -0.366 e. The normalized spacial score (nSPS) is 10.6. The van der Waals surface area contributed by atoms with E-state index in [0.29, 0.717) is 23.1 Å². The molecule has 0 heterocycles. The Morgan fingerprint density at radius 2 is 0.950 bits per heavy atom. The number of amides is 2. The zero-order chi connectivity index (χ0) is 15.4. The van der Waals surface area contributed by atoms with Crippen molar-refractivity contribution in [2.24, 2.45) is 11.5 Å². The number of rotatable bonds is 6. The van der Waals surface area contributed by atoms with Crippen LogP contribution in [0.15, 0.2) is 0 Å². The second-order valence-electron chi connectivity index (χ2n) is 4.81. The van der Waals surface area contributed by atoms with Gasteiger partial charge in [0.2, 0.25) is 11.8 Å². The van der Waals surface area contributed by atoms with Gasteiger partial charge in [-0.25, -0.2) is 0 Å². The van der Waals surface area contributed by atoms with Crippen molar-refractivity contribution in [2.45, 2.75) is 53.4 Å². The minimum atomic E-state index is -0.474. The number of primary amides is 2. The molecule has 0 aromatic heterocycles. The SMILES string of the molecule is CCc1c(CC)c(C(N)=O)c(CC)c(C(N)=O)c1CC. The Labute approximate surface area is 120 Å². The van der Waals surface area contributed by atoms with E-state index in [1.807, 2.05) is 27.7 Å². The largest absolute Gasteiger partial charge is 0.366 e. The van der Waals surface area contributed by atoms with Gasteiger partial charge in [0, 0.05) is 11.1 Å². The number of carbonyl (C=O) groups is 2. The highest BCUT2D eigenvalue weighted by atomic mass is 16.1. The first-order valence-electron chi connectivity index (χ1n) is 7.23. The van der Waals surface area contributed by atoms with E-state index in [1.165, 1.54) is 0 Å². The molecule has 0 fully saturated rings. The fraction of sp³-hybridized carbons (Fsp3) is 0.500. The molecule has 2 amide bonds. The van der Waals surface area contributed by atoms with Crippen LogP contribution in [0, 0.1) is 0 Å². The van der Waals surface area contributed by atoms with Crippen LogP contribution in [-0.2, 0) is 25.7 Å². The van der Waals surface area contributed by atoms with Crippen molar-refractivity contribution in [1.29, 1.82) is 0 Å². The lowest BCUT2D eigenvalue weighted by Crippen LogP contribution is -2.25. The molecule has 20 heavy (non-hydrogen) atoms. The van der Waals surface area contributed by atoms with E-state index >= 15 is 0 Å². The highest BCUT2D eigenvalue weighted by Gasteiger charge is 2.25. The van der Waals surface area contributed by atoms with Crippen LogP contribution in [0.25, 0.3) is 0 Å². The molecular formula is C16H24N2O2.